The molecule has 152 valence electrons. The minimum Gasteiger partial charge on any atom is -0.497 e. The van der Waals surface area contributed by atoms with Crippen LogP contribution in [0.1, 0.15) is 11.4 Å². The van der Waals surface area contributed by atoms with Crippen LogP contribution in [0.2, 0.25) is 0 Å². The fourth-order valence-electron chi connectivity index (χ4n) is 2.99. The average molecular weight is 407 g/mol. The molecule has 4 aromatic rings. The molecule has 4 rings (SSSR count). The molecule has 0 aliphatic carbocycles. The molecule has 2 aromatic heterocycles. The van der Waals surface area contributed by atoms with Crippen LogP contribution in [0.25, 0.3) is 16.8 Å². The van der Waals surface area contributed by atoms with Crippen LogP contribution in [0, 0.1) is 5.82 Å². The molecule has 0 atom stereocenters. The summed E-state index contributed by atoms with van der Waals surface area (Å²) >= 11 is 0. The largest absolute Gasteiger partial charge is 0.497 e. The lowest BCUT2D eigenvalue weighted by atomic mass is 10.1. The first-order valence-electron chi connectivity index (χ1n) is 9.16. The van der Waals surface area contributed by atoms with Gasteiger partial charge in [0.25, 0.3) is 5.56 Å². The second kappa shape index (κ2) is 8.16. The van der Waals surface area contributed by atoms with Gasteiger partial charge in [0.05, 0.1) is 19.2 Å². The van der Waals surface area contributed by atoms with Crippen molar-refractivity contribution in [3.05, 3.63) is 82.2 Å². The molecule has 1 amide bonds. The second-order valence-corrected chi connectivity index (χ2v) is 6.60. The summed E-state index contributed by atoms with van der Waals surface area (Å²) in [5, 5.41) is 13.6. The first-order chi connectivity index (χ1) is 14.5. The maximum Gasteiger partial charge on any atom is 0.290 e. The number of hydrogen-bond acceptors (Lipinski definition) is 5. The molecule has 30 heavy (non-hydrogen) atoms. The highest BCUT2D eigenvalue weighted by atomic mass is 19.1. The Morgan fingerprint density at radius 1 is 1.17 bits per heavy atom. The fraction of sp³-hybridized carbons (Fsp3) is 0.143. The van der Waals surface area contributed by atoms with E-state index in [1.807, 2.05) is 24.3 Å². The van der Waals surface area contributed by atoms with E-state index in [2.05, 4.69) is 20.6 Å². The number of aromatic nitrogens is 4. The minimum absolute atomic E-state index is 0.0754. The number of nitrogens with zero attached hydrogens (tertiary/aromatic N) is 3. The van der Waals surface area contributed by atoms with Gasteiger partial charge in [-0.2, -0.15) is 10.2 Å². The molecule has 0 spiro atoms. The molecular formula is C21H18FN5O3. The maximum atomic E-state index is 13.2. The number of fused-ring (bicyclic) bond motifs is 1. The highest BCUT2D eigenvalue weighted by Gasteiger charge is 2.14. The first-order valence-corrected chi connectivity index (χ1v) is 9.16. The summed E-state index contributed by atoms with van der Waals surface area (Å²) in [7, 11) is 1.59. The van der Waals surface area contributed by atoms with Crippen LogP contribution in [0.4, 0.5) is 4.39 Å². The quantitative estimate of drug-likeness (QED) is 0.510. The molecule has 2 aromatic carbocycles. The molecule has 8 nitrogen and oxygen atoms in total. The van der Waals surface area contributed by atoms with Crippen LogP contribution in [-0.4, -0.2) is 32.8 Å². The zero-order valence-electron chi connectivity index (χ0n) is 16.1. The van der Waals surface area contributed by atoms with Gasteiger partial charge in [0.1, 0.15) is 17.1 Å². The van der Waals surface area contributed by atoms with Crippen molar-refractivity contribution >= 4 is 11.4 Å². The summed E-state index contributed by atoms with van der Waals surface area (Å²) < 4.78 is 19.6. The zero-order valence-corrected chi connectivity index (χ0v) is 16.1. The van der Waals surface area contributed by atoms with Gasteiger partial charge in [0.2, 0.25) is 5.91 Å². The van der Waals surface area contributed by atoms with E-state index < -0.39 is 5.56 Å². The normalized spacial score (nSPS) is 10.9. The monoisotopic (exact) mass is 407 g/mol. The van der Waals surface area contributed by atoms with Crippen molar-refractivity contribution in [1.82, 2.24) is 25.1 Å². The number of ether oxygens (including phenoxy) is 1. The van der Waals surface area contributed by atoms with Crippen molar-refractivity contribution in [2.75, 3.05) is 7.11 Å². The van der Waals surface area contributed by atoms with Crippen LogP contribution < -0.4 is 15.6 Å². The number of aromatic amines is 1. The second-order valence-electron chi connectivity index (χ2n) is 6.60. The van der Waals surface area contributed by atoms with E-state index in [-0.39, 0.29) is 29.5 Å². The van der Waals surface area contributed by atoms with E-state index in [0.29, 0.717) is 17.8 Å². The number of rotatable bonds is 6. The Bertz CT molecular complexity index is 1250. The van der Waals surface area contributed by atoms with Gasteiger partial charge in [-0.05, 0) is 48.0 Å². The van der Waals surface area contributed by atoms with Crippen molar-refractivity contribution in [2.45, 2.75) is 13.0 Å². The van der Waals surface area contributed by atoms with Gasteiger partial charge < -0.3 is 10.1 Å². The smallest absolute Gasteiger partial charge is 0.290 e. The molecule has 0 fully saturated rings. The number of nitrogens with one attached hydrogen (secondary N) is 2. The Kier molecular flexibility index (Phi) is 5.25. The SMILES string of the molecule is COc1ccc(CNC(=O)Cc2n[nH]c(=O)c3cc(-c4ccc(F)cc4)nn23)cc1. The predicted molar refractivity (Wildman–Crippen MR) is 108 cm³/mol. The van der Waals surface area contributed by atoms with Gasteiger partial charge in [0.15, 0.2) is 5.82 Å². The van der Waals surface area contributed by atoms with Crippen LogP contribution in [0.3, 0.4) is 0 Å². The highest BCUT2D eigenvalue weighted by Crippen LogP contribution is 2.19. The fourth-order valence-corrected chi connectivity index (χ4v) is 2.99. The van der Waals surface area contributed by atoms with Gasteiger partial charge in [0, 0.05) is 12.1 Å². The van der Waals surface area contributed by atoms with E-state index in [1.54, 1.807) is 25.3 Å². The molecule has 0 aliphatic heterocycles. The molecule has 0 unspecified atom stereocenters. The third kappa shape index (κ3) is 4.04. The van der Waals surface area contributed by atoms with Gasteiger partial charge in [-0.1, -0.05) is 12.1 Å². The summed E-state index contributed by atoms with van der Waals surface area (Å²) in [6.45, 7) is 0.343. The molecule has 0 bridgehead atoms. The average Bonchev–Trinajstić information content (AvgIpc) is 3.22. The topological polar surface area (TPSA) is 101 Å². The van der Waals surface area contributed by atoms with Crippen LogP contribution >= 0.6 is 0 Å². The number of carbonyl (C=O) groups is 1. The molecule has 0 saturated heterocycles. The Hall–Kier alpha value is -4.01. The molecule has 9 heteroatoms. The number of halogens is 1. The molecule has 2 N–H and O–H groups in total. The van der Waals surface area contributed by atoms with E-state index in [9.17, 15) is 14.0 Å². The summed E-state index contributed by atoms with van der Waals surface area (Å²) in [5.41, 5.74) is 1.87. The van der Waals surface area contributed by atoms with Crippen molar-refractivity contribution < 1.29 is 13.9 Å². The molecule has 2 heterocycles. The van der Waals surface area contributed by atoms with E-state index in [0.717, 1.165) is 11.3 Å². The Labute approximate surface area is 170 Å². The summed E-state index contributed by atoms with van der Waals surface area (Å²) in [6.07, 6.45) is -0.0754. The summed E-state index contributed by atoms with van der Waals surface area (Å²) in [4.78, 5) is 24.5. The van der Waals surface area contributed by atoms with Crippen molar-refractivity contribution in [3.63, 3.8) is 0 Å². The third-order valence-electron chi connectivity index (χ3n) is 4.58. The number of methoxy groups -OCH3 is 1. The van der Waals surface area contributed by atoms with Gasteiger partial charge >= 0.3 is 0 Å². The van der Waals surface area contributed by atoms with E-state index in [1.165, 1.54) is 16.6 Å². The molecule has 0 aliphatic rings. The number of H-pyrrole nitrogens is 1. The third-order valence-corrected chi connectivity index (χ3v) is 4.58. The standard InChI is InChI=1S/C21H18FN5O3/c1-30-16-8-2-13(3-9-16)12-23-20(28)11-19-24-25-21(29)18-10-17(26-27(18)19)14-4-6-15(22)7-5-14/h2-10H,11-12H2,1H3,(H,23,28)(H,25,29). The Morgan fingerprint density at radius 2 is 1.90 bits per heavy atom. The lowest BCUT2D eigenvalue weighted by Crippen LogP contribution is -2.27. The first kappa shape index (κ1) is 19.3. The van der Waals surface area contributed by atoms with E-state index >= 15 is 0 Å². The molecule has 0 radical (unpaired) electrons. The van der Waals surface area contributed by atoms with Crippen LogP contribution in [0.15, 0.2) is 59.4 Å². The number of hydrogen-bond donors (Lipinski definition) is 2. The summed E-state index contributed by atoms with van der Waals surface area (Å²) in [6, 6.07) is 14.7. The molecule has 0 saturated carbocycles. The van der Waals surface area contributed by atoms with Gasteiger partial charge in [-0.15, -0.1) is 0 Å². The number of carbonyl (C=O) groups excluding carboxylic acids is 1. The number of amides is 1. The van der Waals surface area contributed by atoms with Crippen molar-refractivity contribution in [3.8, 4) is 17.0 Å². The number of benzene rings is 2. The highest BCUT2D eigenvalue weighted by molar-refractivity contribution is 5.78. The minimum atomic E-state index is -0.432. The van der Waals surface area contributed by atoms with Crippen molar-refractivity contribution in [2.24, 2.45) is 0 Å². The summed E-state index contributed by atoms with van der Waals surface area (Å²) in [5.74, 6) is 0.382. The van der Waals surface area contributed by atoms with Gasteiger partial charge in [-0.25, -0.2) is 14.0 Å². The van der Waals surface area contributed by atoms with Crippen LogP contribution in [0.5, 0.6) is 5.75 Å². The molecular weight excluding hydrogens is 389 g/mol. The zero-order chi connectivity index (χ0) is 21.1. The Morgan fingerprint density at radius 3 is 2.60 bits per heavy atom. The maximum absolute atomic E-state index is 13.2. The van der Waals surface area contributed by atoms with Crippen molar-refractivity contribution in [1.29, 1.82) is 0 Å². The van der Waals surface area contributed by atoms with E-state index in [4.69, 9.17) is 4.74 Å². The van der Waals surface area contributed by atoms with Gasteiger partial charge in [-0.3, -0.25) is 9.59 Å². The lowest BCUT2D eigenvalue weighted by molar-refractivity contribution is -0.120. The Balaban J connectivity index is 1.53. The van der Waals surface area contributed by atoms with Crippen LogP contribution in [-0.2, 0) is 17.8 Å². The predicted octanol–water partition coefficient (Wildman–Crippen LogP) is 2.09. The lowest BCUT2D eigenvalue weighted by Gasteiger charge is -2.07.